The van der Waals surface area contributed by atoms with Crippen LogP contribution in [-0.2, 0) is 65.4 Å². The van der Waals surface area contributed by atoms with E-state index in [1.165, 1.54) is 199 Å². The Kier molecular flexibility index (Phi) is 66.8. The summed E-state index contributed by atoms with van der Waals surface area (Å²) in [5.41, 5.74) is 0. The molecule has 0 saturated carbocycles. The summed E-state index contributed by atoms with van der Waals surface area (Å²) in [7, 11) is -9.92. The maximum atomic E-state index is 13.1. The molecule has 0 aliphatic carbocycles. The molecule has 582 valence electrons. The fraction of sp³-hybridized carbons (Fsp3) is 0.949. The molecule has 98 heavy (non-hydrogen) atoms. The summed E-state index contributed by atoms with van der Waals surface area (Å²) < 4.78 is 68.6. The minimum atomic E-state index is -4.96. The van der Waals surface area contributed by atoms with Gasteiger partial charge in [-0.3, -0.25) is 37.3 Å². The fourth-order valence-electron chi connectivity index (χ4n) is 12.0. The van der Waals surface area contributed by atoms with Crippen LogP contribution in [0.15, 0.2) is 0 Å². The van der Waals surface area contributed by atoms with E-state index < -0.39 is 97.5 Å². The van der Waals surface area contributed by atoms with Crippen molar-refractivity contribution in [3.8, 4) is 0 Å². The smallest absolute Gasteiger partial charge is 0.462 e. The van der Waals surface area contributed by atoms with Gasteiger partial charge in [0.15, 0.2) is 12.2 Å². The molecule has 0 heterocycles. The zero-order valence-corrected chi connectivity index (χ0v) is 66.2. The van der Waals surface area contributed by atoms with Gasteiger partial charge in [0.2, 0.25) is 0 Å². The van der Waals surface area contributed by atoms with Crippen LogP contribution in [0.4, 0.5) is 0 Å². The van der Waals surface area contributed by atoms with Gasteiger partial charge in [-0.15, -0.1) is 0 Å². The Morgan fingerprint density at radius 2 is 0.490 bits per heavy atom. The third kappa shape index (κ3) is 71.1. The van der Waals surface area contributed by atoms with Gasteiger partial charge in [-0.05, 0) is 49.4 Å². The zero-order chi connectivity index (χ0) is 72.4. The average molecular weight is 1440 g/mol. The SMILES string of the molecule is CCC(C)CCCCCCCCCCCCC(=O)O[C@H](COC(=O)CCCCCCCCCCCCCCCCCC(C)C)COP(=O)(O)OCC(O)COP(=O)(O)OC[C@@H](COC(=O)CCCCCCCCC(C)C)OC(=O)CCCCCCCCCCCCCCCCC(C)C. The first-order valence-corrected chi connectivity index (χ1v) is 43.7. The van der Waals surface area contributed by atoms with Crippen LogP contribution in [0.2, 0.25) is 0 Å². The highest BCUT2D eigenvalue weighted by Crippen LogP contribution is 2.45. The van der Waals surface area contributed by atoms with E-state index in [1.807, 2.05) is 0 Å². The van der Waals surface area contributed by atoms with E-state index in [1.54, 1.807) is 0 Å². The van der Waals surface area contributed by atoms with Gasteiger partial charge in [0.05, 0.1) is 26.4 Å². The van der Waals surface area contributed by atoms with Gasteiger partial charge in [0.25, 0.3) is 0 Å². The highest BCUT2D eigenvalue weighted by Gasteiger charge is 2.30. The minimum absolute atomic E-state index is 0.106. The standard InChI is InChI=1S/C79H154O17P2/c1-9-72(8)58-50-42-33-27-23-24-30-36-46-54-62-79(84)95-74(65-89-76(81)59-51-43-34-28-21-17-12-10-11-15-19-25-31-39-47-55-69(2)3)67-93-97(85,86)91-63-73(80)64-92-98(87,88)94-68-75(66-90-77(82)60-52-44-38-37-41-49-57-71(6)7)96-78(83)61-53-45-35-29-22-18-14-13-16-20-26-32-40-48-56-70(4)5/h69-75,80H,9-68H2,1-8H3,(H,85,86)(H,87,88)/t72?,73?,74-,75-/m1/s1. The van der Waals surface area contributed by atoms with Crippen LogP contribution in [0.5, 0.6) is 0 Å². The van der Waals surface area contributed by atoms with Crippen LogP contribution in [0.25, 0.3) is 0 Å². The van der Waals surface area contributed by atoms with Crippen LogP contribution in [0.3, 0.4) is 0 Å². The van der Waals surface area contributed by atoms with Crippen molar-refractivity contribution in [3.63, 3.8) is 0 Å². The molecule has 0 aromatic rings. The molecule has 0 bridgehead atoms. The molecule has 19 heteroatoms. The topological polar surface area (TPSA) is 237 Å². The van der Waals surface area contributed by atoms with Gasteiger partial charge < -0.3 is 33.8 Å². The maximum Gasteiger partial charge on any atom is 0.472 e. The summed E-state index contributed by atoms with van der Waals surface area (Å²) in [5.74, 6) is 0.965. The highest BCUT2D eigenvalue weighted by atomic mass is 31.2. The molecule has 3 N–H and O–H groups in total. The van der Waals surface area contributed by atoms with E-state index in [4.69, 9.17) is 37.0 Å². The monoisotopic (exact) mass is 1440 g/mol. The summed E-state index contributed by atoms with van der Waals surface area (Å²) >= 11 is 0. The van der Waals surface area contributed by atoms with E-state index >= 15 is 0 Å². The summed E-state index contributed by atoms with van der Waals surface area (Å²) in [6.07, 6.45) is 54.2. The number of carbonyl (C=O) groups is 4. The number of aliphatic hydroxyl groups excluding tert-OH is 1. The number of aliphatic hydroxyl groups is 1. The molecular formula is C79H154O17P2. The van der Waals surface area contributed by atoms with Crippen molar-refractivity contribution < 1.29 is 80.2 Å². The molecule has 0 aromatic carbocycles. The van der Waals surface area contributed by atoms with Crippen molar-refractivity contribution in [3.05, 3.63) is 0 Å². The van der Waals surface area contributed by atoms with Crippen molar-refractivity contribution in [2.45, 2.75) is 420 Å². The predicted molar refractivity (Wildman–Crippen MR) is 400 cm³/mol. The molecule has 0 aliphatic heterocycles. The molecule has 0 fully saturated rings. The first-order chi connectivity index (χ1) is 47.1. The van der Waals surface area contributed by atoms with E-state index in [0.717, 1.165) is 114 Å². The van der Waals surface area contributed by atoms with Gasteiger partial charge in [-0.2, -0.15) is 0 Å². The number of phosphoric acid groups is 2. The van der Waals surface area contributed by atoms with Gasteiger partial charge in [0, 0.05) is 25.7 Å². The summed E-state index contributed by atoms with van der Waals surface area (Å²) in [6, 6.07) is 0. The Morgan fingerprint density at radius 1 is 0.286 bits per heavy atom. The quantitative estimate of drug-likeness (QED) is 0.0222. The van der Waals surface area contributed by atoms with E-state index in [9.17, 15) is 43.2 Å². The Bertz CT molecular complexity index is 1920. The lowest BCUT2D eigenvalue weighted by Crippen LogP contribution is -2.30. The largest absolute Gasteiger partial charge is 0.472 e. The number of carbonyl (C=O) groups excluding carboxylic acids is 4. The zero-order valence-electron chi connectivity index (χ0n) is 64.4. The normalized spacial score (nSPS) is 14.3. The molecule has 0 radical (unpaired) electrons. The maximum absolute atomic E-state index is 13.1. The van der Waals surface area contributed by atoms with E-state index in [0.29, 0.717) is 31.6 Å². The Morgan fingerprint density at radius 3 is 0.724 bits per heavy atom. The number of esters is 4. The summed E-state index contributed by atoms with van der Waals surface area (Å²) in [5, 5.41) is 10.6. The molecule has 4 unspecified atom stereocenters. The number of rotatable bonds is 76. The number of unbranched alkanes of at least 4 members (excludes halogenated alkanes) is 41. The van der Waals surface area contributed by atoms with Crippen LogP contribution in [0, 0.1) is 23.7 Å². The average Bonchev–Trinajstić information content (AvgIpc) is 0.993. The predicted octanol–water partition coefficient (Wildman–Crippen LogP) is 23.2. The van der Waals surface area contributed by atoms with Crippen molar-refractivity contribution >= 4 is 39.5 Å². The molecule has 0 spiro atoms. The van der Waals surface area contributed by atoms with Gasteiger partial charge >= 0.3 is 39.5 Å². The number of hydrogen-bond donors (Lipinski definition) is 3. The van der Waals surface area contributed by atoms with E-state index in [2.05, 4.69) is 55.4 Å². The second-order valence-corrected chi connectivity index (χ2v) is 33.0. The fourth-order valence-corrected chi connectivity index (χ4v) is 13.6. The number of hydrogen-bond acceptors (Lipinski definition) is 15. The van der Waals surface area contributed by atoms with Gasteiger partial charge in [-0.1, -0.05) is 351 Å². The molecular weight excluding hydrogens is 1280 g/mol. The molecule has 0 rings (SSSR count). The Hall–Kier alpha value is -1.94. The third-order valence-corrected chi connectivity index (χ3v) is 20.6. The van der Waals surface area contributed by atoms with E-state index in [-0.39, 0.29) is 25.7 Å². The minimum Gasteiger partial charge on any atom is -0.462 e. The van der Waals surface area contributed by atoms with Crippen molar-refractivity contribution in [2.24, 2.45) is 23.7 Å². The lowest BCUT2D eigenvalue weighted by molar-refractivity contribution is -0.161. The van der Waals surface area contributed by atoms with Gasteiger partial charge in [-0.25, -0.2) is 9.13 Å². The van der Waals surface area contributed by atoms with Crippen molar-refractivity contribution in [1.29, 1.82) is 0 Å². The molecule has 6 atom stereocenters. The lowest BCUT2D eigenvalue weighted by Gasteiger charge is -2.21. The molecule has 0 aromatic heterocycles. The highest BCUT2D eigenvalue weighted by molar-refractivity contribution is 7.47. The lowest BCUT2D eigenvalue weighted by atomic mass is 9.99. The number of ether oxygens (including phenoxy) is 4. The van der Waals surface area contributed by atoms with Crippen molar-refractivity contribution in [1.82, 2.24) is 0 Å². The first-order valence-electron chi connectivity index (χ1n) is 40.7. The summed E-state index contributed by atoms with van der Waals surface area (Å²) in [4.78, 5) is 72.9. The van der Waals surface area contributed by atoms with Crippen LogP contribution >= 0.6 is 15.6 Å². The Labute approximate surface area is 600 Å². The summed E-state index contributed by atoms with van der Waals surface area (Å²) in [6.45, 7) is 14.2. The molecule has 17 nitrogen and oxygen atoms in total. The Balaban J connectivity index is 5.22. The number of phosphoric ester groups is 2. The van der Waals surface area contributed by atoms with Crippen LogP contribution < -0.4 is 0 Å². The van der Waals surface area contributed by atoms with Crippen LogP contribution in [-0.4, -0.2) is 96.7 Å². The molecule has 0 aliphatic rings. The first kappa shape index (κ1) is 96.1. The molecule has 0 saturated heterocycles. The van der Waals surface area contributed by atoms with Gasteiger partial charge in [0.1, 0.15) is 19.3 Å². The second kappa shape index (κ2) is 68.2. The van der Waals surface area contributed by atoms with Crippen molar-refractivity contribution in [2.75, 3.05) is 39.6 Å². The molecule has 0 amide bonds. The second-order valence-electron chi connectivity index (χ2n) is 30.1. The van der Waals surface area contributed by atoms with Crippen LogP contribution in [0.1, 0.15) is 402 Å². The third-order valence-electron chi connectivity index (χ3n) is 18.7.